The van der Waals surface area contributed by atoms with Gasteiger partial charge in [-0.1, -0.05) is 41.4 Å². The molecule has 1 aromatic rings. The molecule has 17 heavy (non-hydrogen) atoms. The topological polar surface area (TPSA) is 52.3 Å². The number of halogens is 1. The molecule has 0 aliphatic rings. The summed E-state index contributed by atoms with van der Waals surface area (Å²) in [7, 11) is 0. The molecular weight excluding hydrogens is 282 g/mol. The van der Waals surface area contributed by atoms with Gasteiger partial charge in [0.15, 0.2) is 0 Å². The molecule has 0 aliphatic heterocycles. The van der Waals surface area contributed by atoms with Gasteiger partial charge in [-0.15, -0.1) is 0 Å². The standard InChI is InChI=1S/C13H18BrNO2/c1-2-3-12(15)8-13(16)17-9-10-4-6-11(14)7-5-10/h4-7,12H,2-3,8-9,15H2,1H3. The predicted octanol–water partition coefficient (Wildman–Crippen LogP) is 3.01. The maximum atomic E-state index is 11.5. The first-order valence-electron chi connectivity index (χ1n) is 5.77. The molecular formula is C13H18BrNO2. The van der Waals surface area contributed by atoms with Gasteiger partial charge >= 0.3 is 5.97 Å². The number of hydrogen-bond acceptors (Lipinski definition) is 3. The summed E-state index contributed by atoms with van der Waals surface area (Å²) in [6.07, 6.45) is 2.14. The fraction of sp³-hybridized carbons (Fsp3) is 0.462. The first kappa shape index (κ1) is 14.2. The fourth-order valence-corrected chi connectivity index (χ4v) is 1.75. The number of carbonyl (C=O) groups is 1. The van der Waals surface area contributed by atoms with E-state index in [4.69, 9.17) is 10.5 Å². The summed E-state index contributed by atoms with van der Waals surface area (Å²) in [5, 5.41) is 0. The van der Waals surface area contributed by atoms with Crippen LogP contribution in [0, 0.1) is 0 Å². The molecule has 0 bridgehead atoms. The summed E-state index contributed by atoms with van der Waals surface area (Å²) >= 11 is 3.35. The molecule has 0 heterocycles. The molecule has 1 unspecified atom stereocenters. The largest absolute Gasteiger partial charge is 0.461 e. The third kappa shape index (κ3) is 5.84. The average Bonchev–Trinajstić information content (AvgIpc) is 2.28. The summed E-state index contributed by atoms with van der Waals surface area (Å²) in [4.78, 5) is 11.5. The molecule has 0 amide bonds. The van der Waals surface area contributed by atoms with Crippen LogP contribution in [-0.2, 0) is 16.1 Å². The first-order chi connectivity index (χ1) is 8.11. The predicted molar refractivity (Wildman–Crippen MR) is 71.4 cm³/mol. The van der Waals surface area contributed by atoms with Crippen LogP contribution in [0.1, 0.15) is 31.7 Å². The smallest absolute Gasteiger partial charge is 0.307 e. The average molecular weight is 300 g/mol. The zero-order valence-electron chi connectivity index (χ0n) is 9.99. The van der Waals surface area contributed by atoms with Crippen molar-refractivity contribution in [2.45, 2.75) is 38.8 Å². The van der Waals surface area contributed by atoms with E-state index < -0.39 is 0 Å². The Kier molecular flexibility index (Phi) is 6.22. The van der Waals surface area contributed by atoms with Crippen LogP contribution in [0.15, 0.2) is 28.7 Å². The van der Waals surface area contributed by atoms with Gasteiger partial charge in [-0.2, -0.15) is 0 Å². The van der Waals surface area contributed by atoms with Crippen molar-refractivity contribution in [1.29, 1.82) is 0 Å². The van der Waals surface area contributed by atoms with E-state index in [1.165, 1.54) is 0 Å². The summed E-state index contributed by atoms with van der Waals surface area (Å²) in [6, 6.07) is 7.60. The Morgan fingerprint density at radius 3 is 2.65 bits per heavy atom. The van der Waals surface area contributed by atoms with Crippen molar-refractivity contribution in [2.24, 2.45) is 5.73 Å². The van der Waals surface area contributed by atoms with E-state index in [0.29, 0.717) is 13.0 Å². The van der Waals surface area contributed by atoms with Gasteiger partial charge in [0.25, 0.3) is 0 Å². The highest BCUT2D eigenvalue weighted by atomic mass is 79.9. The lowest BCUT2D eigenvalue weighted by molar-refractivity contribution is -0.145. The fourth-order valence-electron chi connectivity index (χ4n) is 1.49. The molecule has 94 valence electrons. The molecule has 0 saturated carbocycles. The van der Waals surface area contributed by atoms with Crippen LogP contribution in [0.5, 0.6) is 0 Å². The summed E-state index contributed by atoms with van der Waals surface area (Å²) in [5.74, 6) is -0.228. The van der Waals surface area contributed by atoms with E-state index in [-0.39, 0.29) is 12.0 Å². The minimum absolute atomic E-state index is 0.0857. The van der Waals surface area contributed by atoms with Crippen molar-refractivity contribution >= 4 is 21.9 Å². The number of hydrogen-bond donors (Lipinski definition) is 1. The quantitative estimate of drug-likeness (QED) is 0.822. The van der Waals surface area contributed by atoms with E-state index in [1.54, 1.807) is 0 Å². The molecule has 0 spiro atoms. The molecule has 0 radical (unpaired) electrons. The minimum Gasteiger partial charge on any atom is -0.461 e. The monoisotopic (exact) mass is 299 g/mol. The first-order valence-corrected chi connectivity index (χ1v) is 6.56. The second-order valence-corrected chi connectivity index (χ2v) is 4.96. The summed E-state index contributed by atoms with van der Waals surface area (Å²) in [5.41, 5.74) is 6.74. The second kappa shape index (κ2) is 7.45. The summed E-state index contributed by atoms with van der Waals surface area (Å²) < 4.78 is 6.16. The second-order valence-electron chi connectivity index (χ2n) is 4.04. The molecule has 1 aromatic carbocycles. The molecule has 1 rings (SSSR count). The highest BCUT2D eigenvalue weighted by Crippen LogP contribution is 2.11. The van der Waals surface area contributed by atoms with Crippen molar-refractivity contribution in [1.82, 2.24) is 0 Å². The number of rotatable bonds is 6. The van der Waals surface area contributed by atoms with Crippen LogP contribution in [0.2, 0.25) is 0 Å². The van der Waals surface area contributed by atoms with Crippen LogP contribution >= 0.6 is 15.9 Å². The highest BCUT2D eigenvalue weighted by molar-refractivity contribution is 9.10. The van der Waals surface area contributed by atoms with Gasteiger partial charge in [-0.3, -0.25) is 4.79 Å². The number of ether oxygens (including phenoxy) is 1. The van der Waals surface area contributed by atoms with Gasteiger partial charge in [0.05, 0.1) is 6.42 Å². The van der Waals surface area contributed by atoms with Crippen molar-refractivity contribution in [3.63, 3.8) is 0 Å². The zero-order chi connectivity index (χ0) is 12.7. The minimum atomic E-state index is -0.228. The Hall–Kier alpha value is -0.870. The zero-order valence-corrected chi connectivity index (χ0v) is 11.6. The van der Waals surface area contributed by atoms with Crippen LogP contribution in [0.4, 0.5) is 0 Å². The van der Waals surface area contributed by atoms with Gasteiger partial charge in [0.2, 0.25) is 0 Å². The molecule has 0 fully saturated rings. The van der Waals surface area contributed by atoms with Crippen molar-refractivity contribution in [2.75, 3.05) is 0 Å². The van der Waals surface area contributed by atoms with Crippen LogP contribution in [-0.4, -0.2) is 12.0 Å². The maximum absolute atomic E-state index is 11.5. The number of benzene rings is 1. The third-order valence-electron chi connectivity index (χ3n) is 2.40. The molecule has 1 atom stereocenters. The van der Waals surface area contributed by atoms with Crippen LogP contribution < -0.4 is 5.73 Å². The molecule has 4 heteroatoms. The van der Waals surface area contributed by atoms with Gasteiger partial charge in [-0.25, -0.2) is 0 Å². The van der Waals surface area contributed by atoms with Gasteiger partial charge < -0.3 is 10.5 Å². The van der Waals surface area contributed by atoms with E-state index in [0.717, 1.165) is 22.9 Å². The summed E-state index contributed by atoms with van der Waals surface area (Å²) in [6.45, 7) is 2.36. The Bertz CT molecular complexity index is 351. The SMILES string of the molecule is CCCC(N)CC(=O)OCc1ccc(Br)cc1. The lowest BCUT2D eigenvalue weighted by atomic mass is 10.1. The van der Waals surface area contributed by atoms with E-state index in [2.05, 4.69) is 15.9 Å². The Balaban J connectivity index is 2.30. The lowest BCUT2D eigenvalue weighted by Crippen LogP contribution is -2.24. The van der Waals surface area contributed by atoms with E-state index in [1.807, 2.05) is 31.2 Å². The lowest BCUT2D eigenvalue weighted by Gasteiger charge is -2.10. The molecule has 0 aromatic heterocycles. The normalized spacial score (nSPS) is 12.2. The Labute approximate surface area is 110 Å². The maximum Gasteiger partial charge on any atom is 0.307 e. The van der Waals surface area contributed by atoms with E-state index in [9.17, 15) is 4.79 Å². The van der Waals surface area contributed by atoms with Gasteiger partial charge in [0, 0.05) is 10.5 Å². The van der Waals surface area contributed by atoms with Crippen molar-refractivity contribution < 1.29 is 9.53 Å². The third-order valence-corrected chi connectivity index (χ3v) is 2.93. The number of carbonyl (C=O) groups excluding carboxylic acids is 1. The molecule has 3 nitrogen and oxygen atoms in total. The van der Waals surface area contributed by atoms with Crippen molar-refractivity contribution in [3.8, 4) is 0 Å². The molecule has 2 N–H and O–H groups in total. The Morgan fingerprint density at radius 2 is 2.06 bits per heavy atom. The Morgan fingerprint density at radius 1 is 1.41 bits per heavy atom. The van der Waals surface area contributed by atoms with Gasteiger partial charge in [0.1, 0.15) is 6.61 Å². The van der Waals surface area contributed by atoms with Crippen LogP contribution in [0.3, 0.4) is 0 Å². The van der Waals surface area contributed by atoms with E-state index >= 15 is 0 Å². The molecule has 0 aliphatic carbocycles. The van der Waals surface area contributed by atoms with Gasteiger partial charge in [-0.05, 0) is 24.1 Å². The van der Waals surface area contributed by atoms with Crippen LogP contribution in [0.25, 0.3) is 0 Å². The number of nitrogens with two attached hydrogens (primary N) is 1. The van der Waals surface area contributed by atoms with Crippen molar-refractivity contribution in [3.05, 3.63) is 34.3 Å². The molecule has 0 saturated heterocycles. The number of esters is 1. The highest BCUT2D eigenvalue weighted by Gasteiger charge is 2.09.